The Morgan fingerprint density at radius 1 is 1.10 bits per heavy atom. The van der Waals surface area contributed by atoms with E-state index in [1.165, 1.54) is 0 Å². The lowest BCUT2D eigenvalue weighted by Gasteiger charge is -2.15. The fourth-order valence-corrected chi connectivity index (χ4v) is 3.29. The van der Waals surface area contributed by atoms with E-state index in [-0.39, 0.29) is 12.3 Å². The number of amides is 1. The number of aryl methyl sites for hydroxylation is 1. The number of hydrogen-bond acceptors (Lipinski definition) is 5. The van der Waals surface area contributed by atoms with Crippen molar-refractivity contribution < 1.29 is 19.0 Å². The fourth-order valence-electron chi connectivity index (χ4n) is 3.09. The molecule has 1 heterocycles. The predicted octanol–water partition coefficient (Wildman–Crippen LogP) is 4.25. The van der Waals surface area contributed by atoms with Gasteiger partial charge in [0, 0.05) is 16.3 Å². The minimum absolute atomic E-state index is 0.139. The number of rotatable bonds is 7. The number of carbonyl (C=O) groups excluding carboxylic acids is 1. The van der Waals surface area contributed by atoms with Crippen molar-refractivity contribution in [3.63, 3.8) is 0 Å². The molecule has 0 spiro atoms. The van der Waals surface area contributed by atoms with Gasteiger partial charge in [-0.15, -0.1) is 0 Å². The number of carbonyl (C=O) groups is 1. The Labute approximate surface area is 173 Å². The van der Waals surface area contributed by atoms with E-state index < -0.39 is 0 Å². The summed E-state index contributed by atoms with van der Waals surface area (Å²) in [5.41, 5.74) is 3.02. The minimum atomic E-state index is -0.224. The average molecular weight is 416 g/mol. The Bertz CT molecular complexity index is 1010. The van der Waals surface area contributed by atoms with E-state index in [2.05, 4.69) is 15.5 Å². The van der Waals surface area contributed by atoms with Gasteiger partial charge in [0.15, 0.2) is 17.3 Å². The van der Waals surface area contributed by atoms with Gasteiger partial charge in [0.25, 0.3) is 0 Å². The summed E-state index contributed by atoms with van der Waals surface area (Å²) < 4.78 is 16.2. The predicted molar refractivity (Wildman–Crippen MR) is 112 cm³/mol. The monoisotopic (exact) mass is 415 g/mol. The second kappa shape index (κ2) is 8.87. The van der Waals surface area contributed by atoms with Crippen molar-refractivity contribution in [2.24, 2.45) is 0 Å². The smallest absolute Gasteiger partial charge is 0.230 e. The van der Waals surface area contributed by atoms with Gasteiger partial charge in [-0.2, -0.15) is 5.10 Å². The Balaban J connectivity index is 1.94. The molecule has 0 aliphatic rings. The average Bonchev–Trinajstić information content (AvgIpc) is 3.08. The number of H-pyrrole nitrogens is 1. The molecule has 3 aromatic rings. The Morgan fingerprint density at radius 3 is 2.34 bits per heavy atom. The number of nitrogens with one attached hydrogen (secondary N) is 2. The van der Waals surface area contributed by atoms with Crippen molar-refractivity contribution >= 4 is 23.3 Å². The molecule has 8 heteroatoms. The highest BCUT2D eigenvalue weighted by atomic mass is 35.5. The molecule has 0 bridgehead atoms. The molecule has 152 valence electrons. The van der Waals surface area contributed by atoms with Crippen LogP contribution < -0.4 is 19.5 Å². The first-order valence-electron chi connectivity index (χ1n) is 8.87. The first-order valence-corrected chi connectivity index (χ1v) is 9.24. The molecule has 7 nitrogen and oxygen atoms in total. The third kappa shape index (κ3) is 4.30. The third-order valence-corrected chi connectivity index (χ3v) is 4.84. The lowest BCUT2D eigenvalue weighted by Crippen LogP contribution is -2.15. The molecule has 1 aromatic heterocycles. The maximum absolute atomic E-state index is 12.6. The maximum atomic E-state index is 12.6. The number of aromatic amines is 1. The standard InChI is InChI=1S/C21H22ClN3O4/c1-12-19(14-9-16(27-2)20(29-4)17(10-14)28-3)21(25-24-12)23-18(26)11-13-7-5-6-8-15(13)22/h5-10H,11H2,1-4H3,(H2,23,24,25,26). The van der Waals surface area contributed by atoms with Crippen LogP contribution in [-0.2, 0) is 11.2 Å². The van der Waals surface area contributed by atoms with Gasteiger partial charge in [-0.05, 0) is 36.2 Å². The lowest BCUT2D eigenvalue weighted by atomic mass is 10.0. The molecule has 0 radical (unpaired) electrons. The van der Waals surface area contributed by atoms with E-state index >= 15 is 0 Å². The summed E-state index contributed by atoms with van der Waals surface area (Å²) in [7, 11) is 4.65. The van der Waals surface area contributed by atoms with Crippen LogP contribution in [0.4, 0.5) is 5.82 Å². The quantitative estimate of drug-likeness (QED) is 0.602. The summed E-state index contributed by atoms with van der Waals surface area (Å²) in [6.07, 6.45) is 0.139. The highest BCUT2D eigenvalue weighted by Crippen LogP contribution is 2.43. The van der Waals surface area contributed by atoms with E-state index in [1.54, 1.807) is 27.4 Å². The molecule has 0 atom stereocenters. The van der Waals surface area contributed by atoms with Crippen LogP contribution in [-0.4, -0.2) is 37.4 Å². The molecule has 0 unspecified atom stereocenters. The molecule has 0 saturated carbocycles. The molecular formula is C21H22ClN3O4. The lowest BCUT2D eigenvalue weighted by molar-refractivity contribution is -0.115. The number of aromatic nitrogens is 2. The van der Waals surface area contributed by atoms with Gasteiger partial charge in [0.2, 0.25) is 11.7 Å². The van der Waals surface area contributed by atoms with Crippen LogP contribution in [0.3, 0.4) is 0 Å². The summed E-state index contributed by atoms with van der Waals surface area (Å²) in [6, 6.07) is 10.9. The van der Waals surface area contributed by atoms with Crippen LogP contribution in [0, 0.1) is 6.92 Å². The van der Waals surface area contributed by atoms with Crippen molar-refractivity contribution in [3.05, 3.63) is 52.7 Å². The third-order valence-electron chi connectivity index (χ3n) is 4.47. The first kappa shape index (κ1) is 20.5. The van der Waals surface area contributed by atoms with Crippen LogP contribution >= 0.6 is 11.6 Å². The zero-order valence-electron chi connectivity index (χ0n) is 16.6. The second-order valence-corrected chi connectivity index (χ2v) is 6.71. The van der Waals surface area contributed by atoms with Gasteiger partial charge in [-0.3, -0.25) is 9.89 Å². The van der Waals surface area contributed by atoms with Crippen LogP contribution in [0.15, 0.2) is 36.4 Å². The van der Waals surface area contributed by atoms with E-state index in [9.17, 15) is 4.79 Å². The molecule has 0 fully saturated rings. The maximum Gasteiger partial charge on any atom is 0.230 e. The van der Waals surface area contributed by atoms with Crippen LogP contribution in [0.5, 0.6) is 17.2 Å². The Kier molecular flexibility index (Phi) is 6.29. The zero-order valence-corrected chi connectivity index (χ0v) is 17.4. The van der Waals surface area contributed by atoms with E-state index in [1.807, 2.05) is 37.3 Å². The van der Waals surface area contributed by atoms with Gasteiger partial charge in [-0.1, -0.05) is 29.8 Å². The summed E-state index contributed by atoms with van der Waals surface area (Å²) >= 11 is 6.16. The molecule has 2 aromatic carbocycles. The number of hydrogen-bond donors (Lipinski definition) is 2. The molecule has 29 heavy (non-hydrogen) atoms. The van der Waals surface area contributed by atoms with Gasteiger partial charge in [0.05, 0.1) is 27.8 Å². The second-order valence-electron chi connectivity index (χ2n) is 6.30. The van der Waals surface area contributed by atoms with Crippen molar-refractivity contribution in [1.29, 1.82) is 0 Å². The Hall–Kier alpha value is -3.19. The fraction of sp³-hybridized carbons (Fsp3) is 0.238. The van der Waals surface area contributed by atoms with E-state index in [4.69, 9.17) is 25.8 Å². The number of halogens is 1. The van der Waals surface area contributed by atoms with Crippen molar-refractivity contribution in [1.82, 2.24) is 10.2 Å². The van der Waals surface area contributed by atoms with Gasteiger partial charge in [0.1, 0.15) is 0 Å². The zero-order chi connectivity index (χ0) is 21.0. The molecular weight excluding hydrogens is 394 g/mol. The normalized spacial score (nSPS) is 10.5. The molecule has 3 rings (SSSR count). The largest absolute Gasteiger partial charge is 0.493 e. The molecule has 1 amide bonds. The molecule has 0 aliphatic carbocycles. The number of benzene rings is 2. The van der Waals surface area contributed by atoms with Crippen LogP contribution in [0.2, 0.25) is 5.02 Å². The summed E-state index contributed by atoms with van der Waals surface area (Å²) in [5, 5.41) is 10.6. The highest BCUT2D eigenvalue weighted by molar-refractivity contribution is 6.31. The van der Waals surface area contributed by atoms with Crippen molar-refractivity contribution in [2.75, 3.05) is 26.6 Å². The number of nitrogens with zero attached hydrogens (tertiary/aromatic N) is 1. The summed E-state index contributed by atoms with van der Waals surface area (Å²) in [4.78, 5) is 12.6. The van der Waals surface area contributed by atoms with E-state index in [0.29, 0.717) is 28.1 Å². The Morgan fingerprint density at radius 2 is 1.76 bits per heavy atom. The van der Waals surface area contributed by atoms with Crippen LogP contribution in [0.25, 0.3) is 11.1 Å². The topological polar surface area (TPSA) is 85.5 Å². The van der Waals surface area contributed by atoms with Gasteiger partial charge < -0.3 is 19.5 Å². The highest BCUT2D eigenvalue weighted by Gasteiger charge is 2.20. The van der Waals surface area contributed by atoms with E-state index in [0.717, 1.165) is 22.4 Å². The molecule has 0 aliphatic heterocycles. The van der Waals surface area contributed by atoms with Gasteiger partial charge in [-0.25, -0.2) is 0 Å². The minimum Gasteiger partial charge on any atom is -0.493 e. The van der Waals surface area contributed by atoms with Crippen molar-refractivity contribution in [3.8, 4) is 28.4 Å². The summed E-state index contributed by atoms with van der Waals surface area (Å²) in [6.45, 7) is 1.87. The first-order chi connectivity index (χ1) is 14.0. The summed E-state index contributed by atoms with van der Waals surface area (Å²) in [5.74, 6) is 1.70. The van der Waals surface area contributed by atoms with Crippen LogP contribution in [0.1, 0.15) is 11.3 Å². The van der Waals surface area contributed by atoms with Crippen molar-refractivity contribution in [2.45, 2.75) is 13.3 Å². The van der Waals surface area contributed by atoms with Gasteiger partial charge >= 0.3 is 0 Å². The number of ether oxygens (including phenoxy) is 3. The molecule has 2 N–H and O–H groups in total. The number of methoxy groups -OCH3 is 3. The molecule has 0 saturated heterocycles. The SMILES string of the molecule is COc1cc(-c2c(NC(=O)Cc3ccccc3Cl)n[nH]c2C)cc(OC)c1OC. The number of anilines is 1.